The van der Waals surface area contributed by atoms with Gasteiger partial charge in [0.25, 0.3) is 0 Å². The van der Waals surface area contributed by atoms with Crippen molar-refractivity contribution in [3.8, 4) is 0 Å². The molecule has 1 aromatic rings. The lowest BCUT2D eigenvalue weighted by molar-refractivity contribution is -0.137. The number of nitrogens with one attached hydrogen (secondary N) is 2. The first-order valence-corrected chi connectivity index (χ1v) is 8.15. The van der Waals surface area contributed by atoms with Gasteiger partial charge in [-0.25, -0.2) is 13.1 Å². The molecule has 0 aromatic heterocycles. The van der Waals surface area contributed by atoms with Crippen LogP contribution in [0, 0.1) is 5.92 Å². The van der Waals surface area contributed by atoms with Crippen molar-refractivity contribution in [1.29, 1.82) is 0 Å². The predicted molar refractivity (Wildman–Crippen MR) is 79.5 cm³/mol. The van der Waals surface area contributed by atoms with E-state index in [0.29, 0.717) is 12.3 Å². The molecule has 2 rings (SSSR count). The first-order valence-electron chi connectivity index (χ1n) is 6.67. The van der Waals surface area contributed by atoms with Crippen LogP contribution in [0.4, 0.5) is 13.2 Å². The van der Waals surface area contributed by atoms with Crippen molar-refractivity contribution in [2.24, 2.45) is 5.92 Å². The molecule has 1 saturated heterocycles. The Bertz CT molecular complexity index is 570. The van der Waals surface area contributed by atoms with Gasteiger partial charge in [-0.3, -0.25) is 0 Å². The maximum Gasteiger partial charge on any atom is 0.416 e. The lowest BCUT2D eigenvalue weighted by Crippen LogP contribution is -2.26. The van der Waals surface area contributed by atoms with Crippen molar-refractivity contribution in [2.45, 2.75) is 23.9 Å². The Morgan fingerprint density at radius 3 is 2.36 bits per heavy atom. The smallest absolute Gasteiger partial charge is 0.316 e. The van der Waals surface area contributed by atoms with Crippen LogP contribution in [0.3, 0.4) is 0 Å². The van der Waals surface area contributed by atoms with Gasteiger partial charge in [-0.1, -0.05) is 0 Å². The van der Waals surface area contributed by atoms with Crippen LogP contribution in [0.1, 0.15) is 18.4 Å². The molecule has 0 amide bonds. The predicted octanol–water partition coefficient (Wildman–Crippen LogP) is 2.41. The Morgan fingerprint density at radius 1 is 1.23 bits per heavy atom. The lowest BCUT2D eigenvalue weighted by atomic mass is 10.1. The molecule has 1 fully saturated rings. The van der Waals surface area contributed by atoms with Gasteiger partial charge in [0.05, 0.1) is 10.5 Å². The van der Waals surface area contributed by atoms with Crippen molar-refractivity contribution in [2.75, 3.05) is 19.6 Å². The second-order valence-corrected chi connectivity index (χ2v) is 6.83. The maximum absolute atomic E-state index is 12.4. The monoisotopic (exact) mass is 358 g/mol. The van der Waals surface area contributed by atoms with Gasteiger partial charge in [0.2, 0.25) is 10.0 Å². The summed E-state index contributed by atoms with van der Waals surface area (Å²) in [7, 11) is -3.75. The molecule has 0 bridgehead atoms. The van der Waals surface area contributed by atoms with E-state index < -0.39 is 21.8 Å². The van der Waals surface area contributed by atoms with Gasteiger partial charge < -0.3 is 5.32 Å². The van der Waals surface area contributed by atoms with E-state index in [-0.39, 0.29) is 23.8 Å². The third kappa shape index (κ3) is 5.12. The van der Waals surface area contributed by atoms with Crippen molar-refractivity contribution in [3.05, 3.63) is 29.8 Å². The molecule has 1 aliphatic heterocycles. The molecule has 9 heteroatoms. The summed E-state index contributed by atoms with van der Waals surface area (Å²) in [5.74, 6) is 0.445. The Morgan fingerprint density at radius 2 is 1.86 bits per heavy atom. The molecule has 0 radical (unpaired) electrons. The van der Waals surface area contributed by atoms with Crippen LogP contribution in [-0.2, 0) is 16.2 Å². The first-order chi connectivity index (χ1) is 9.79. The molecule has 0 aliphatic carbocycles. The molecule has 1 heterocycles. The zero-order valence-electron chi connectivity index (χ0n) is 11.7. The zero-order valence-corrected chi connectivity index (χ0v) is 13.3. The van der Waals surface area contributed by atoms with Crippen LogP contribution in [0.2, 0.25) is 0 Å². The lowest BCUT2D eigenvalue weighted by Gasteiger charge is -2.11. The average Bonchev–Trinajstić information content (AvgIpc) is 2.91. The molecular weight excluding hydrogens is 341 g/mol. The number of halogens is 4. The average molecular weight is 359 g/mol. The SMILES string of the molecule is Cl.O=S(=O)(NCCC1CCNC1)c1ccc(C(F)(F)F)cc1. The number of benzene rings is 1. The van der Waals surface area contributed by atoms with E-state index in [1.165, 1.54) is 0 Å². The second kappa shape index (κ2) is 7.63. The summed E-state index contributed by atoms with van der Waals surface area (Å²) in [6.45, 7) is 2.11. The summed E-state index contributed by atoms with van der Waals surface area (Å²) in [5, 5.41) is 3.19. The molecule has 4 nitrogen and oxygen atoms in total. The van der Waals surface area contributed by atoms with Crippen molar-refractivity contribution in [1.82, 2.24) is 10.0 Å². The van der Waals surface area contributed by atoms with Gasteiger partial charge in [0, 0.05) is 6.54 Å². The Balaban J connectivity index is 0.00000242. The Kier molecular flexibility index (Phi) is 6.66. The summed E-state index contributed by atoms with van der Waals surface area (Å²) in [4.78, 5) is -0.153. The number of alkyl halides is 3. The minimum Gasteiger partial charge on any atom is -0.316 e. The minimum absolute atomic E-state index is 0. The molecular formula is C13H18ClF3N2O2S. The van der Waals surface area contributed by atoms with Crippen LogP contribution >= 0.6 is 12.4 Å². The highest BCUT2D eigenvalue weighted by Gasteiger charge is 2.30. The molecule has 1 atom stereocenters. The molecule has 0 saturated carbocycles. The van der Waals surface area contributed by atoms with Gasteiger partial charge in [0.1, 0.15) is 0 Å². The Labute approximate surface area is 133 Å². The third-order valence-corrected chi connectivity index (χ3v) is 4.98. The molecule has 0 spiro atoms. The van der Waals surface area contributed by atoms with Gasteiger partial charge >= 0.3 is 6.18 Å². The normalized spacial score (nSPS) is 19.0. The topological polar surface area (TPSA) is 58.2 Å². The molecule has 1 unspecified atom stereocenters. The van der Waals surface area contributed by atoms with Crippen LogP contribution < -0.4 is 10.0 Å². The summed E-state index contributed by atoms with van der Waals surface area (Å²) in [5.41, 5.74) is -0.863. The van der Waals surface area contributed by atoms with Gasteiger partial charge in [-0.15, -0.1) is 12.4 Å². The highest BCUT2D eigenvalue weighted by molar-refractivity contribution is 7.89. The van der Waals surface area contributed by atoms with E-state index >= 15 is 0 Å². The van der Waals surface area contributed by atoms with Gasteiger partial charge in [-0.05, 0) is 56.1 Å². The number of rotatable bonds is 5. The molecule has 22 heavy (non-hydrogen) atoms. The second-order valence-electron chi connectivity index (χ2n) is 5.07. The number of hydrogen-bond donors (Lipinski definition) is 2. The Hall–Kier alpha value is -0.830. The van der Waals surface area contributed by atoms with E-state index in [2.05, 4.69) is 10.0 Å². The van der Waals surface area contributed by atoms with Gasteiger partial charge in [0.15, 0.2) is 0 Å². The van der Waals surface area contributed by atoms with E-state index in [9.17, 15) is 21.6 Å². The molecule has 126 valence electrons. The van der Waals surface area contributed by atoms with Gasteiger partial charge in [-0.2, -0.15) is 13.2 Å². The third-order valence-electron chi connectivity index (χ3n) is 3.50. The fourth-order valence-electron chi connectivity index (χ4n) is 2.26. The van der Waals surface area contributed by atoms with E-state index in [1.54, 1.807) is 0 Å². The van der Waals surface area contributed by atoms with E-state index in [4.69, 9.17) is 0 Å². The summed E-state index contributed by atoms with van der Waals surface area (Å²) < 4.78 is 63.6. The first kappa shape index (κ1) is 19.2. The summed E-state index contributed by atoms with van der Waals surface area (Å²) in [6, 6.07) is 3.50. The van der Waals surface area contributed by atoms with Crippen molar-refractivity contribution >= 4 is 22.4 Å². The van der Waals surface area contributed by atoms with Crippen molar-refractivity contribution < 1.29 is 21.6 Å². The molecule has 2 N–H and O–H groups in total. The standard InChI is InChI=1S/C13H17F3N2O2S.ClH/c14-13(15,16)11-1-3-12(4-2-11)21(19,20)18-8-6-10-5-7-17-9-10;/h1-4,10,17-18H,5-9H2;1H. The van der Waals surface area contributed by atoms with Crippen LogP contribution in [0.5, 0.6) is 0 Å². The molecule has 1 aromatic carbocycles. The highest BCUT2D eigenvalue weighted by Crippen LogP contribution is 2.29. The fourth-order valence-corrected chi connectivity index (χ4v) is 3.31. The fraction of sp³-hybridized carbons (Fsp3) is 0.538. The maximum atomic E-state index is 12.4. The highest BCUT2D eigenvalue weighted by atomic mass is 35.5. The van der Waals surface area contributed by atoms with Crippen LogP contribution in [0.25, 0.3) is 0 Å². The van der Waals surface area contributed by atoms with Crippen molar-refractivity contribution in [3.63, 3.8) is 0 Å². The molecule has 1 aliphatic rings. The summed E-state index contributed by atoms with van der Waals surface area (Å²) >= 11 is 0. The van der Waals surface area contributed by atoms with Crippen LogP contribution in [-0.4, -0.2) is 28.1 Å². The zero-order chi connectivity index (χ0) is 15.5. The quantitative estimate of drug-likeness (QED) is 0.849. The summed E-state index contributed by atoms with van der Waals surface area (Å²) in [6.07, 6.45) is -2.74. The van der Waals surface area contributed by atoms with E-state index in [1.807, 2.05) is 0 Å². The largest absolute Gasteiger partial charge is 0.416 e. The number of hydrogen-bond acceptors (Lipinski definition) is 3. The van der Waals surface area contributed by atoms with E-state index in [0.717, 1.165) is 43.8 Å². The minimum atomic E-state index is -4.47. The van der Waals surface area contributed by atoms with Crippen LogP contribution in [0.15, 0.2) is 29.2 Å². The number of sulfonamides is 1.